The molecule has 0 fully saturated rings. The first-order valence-electron chi connectivity index (χ1n) is 3.67. The highest BCUT2D eigenvalue weighted by Gasteiger charge is 2.08. The second kappa shape index (κ2) is 4.26. The Bertz CT molecular complexity index is 346. The molecule has 0 unspecified atom stereocenters. The monoisotopic (exact) mass is 200 g/mol. The maximum Gasteiger partial charge on any atom is 0.506 e. The minimum Gasteiger partial charge on any atom is -0.450 e. The van der Waals surface area contributed by atoms with Gasteiger partial charge < -0.3 is 19.7 Å². The third-order valence-electron chi connectivity index (χ3n) is 1.22. The van der Waals surface area contributed by atoms with Crippen molar-refractivity contribution in [2.45, 2.75) is 6.92 Å². The van der Waals surface area contributed by atoms with Crippen LogP contribution in [0.1, 0.15) is 5.76 Å². The summed E-state index contributed by atoms with van der Waals surface area (Å²) in [4.78, 5) is 20.9. The molecule has 1 aromatic heterocycles. The van der Waals surface area contributed by atoms with Gasteiger partial charge >= 0.3 is 6.16 Å². The zero-order chi connectivity index (χ0) is 10.6. The predicted molar refractivity (Wildman–Crippen MR) is 43.8 cm³/mol. The number of carboxylic acid groups (broad SMARTS) is 1. The Balaban J connectivity index is 2.37. The summed E-state index contributed by atoms with van der Waals surface area (Å²) < 4.78 is 8.70. The van der Waals surface area contributed by atoms with Crippen LogP contribution in [0.3, 0.4) is 0 Å². The van der Waals surface area contributed by atoms with E-state index in [-0.39, 0.29) is 5.82 Å². The average molecular weight is 200 g/mol. The van der Waals surface area contributed by atoms with Crippen molar-refractivity contribution >= 4 is 17.9 Å². The number of anilines is 1. The molecule has 0 radical (unpaired) electrons. The molecule has 0 saturated heterocycles. The van der Waals surface area contributed by atoms with Crippen molar-refractivity contribution in [3.63, 3.8) is 0 Å². The Morgan fingerprint density at radius 1 is 1.71 bits per heavy atom. The van der Waals surface area contributed by atoms with Crippen molar-refractivity contribution < 1.29 is 24.0 Å². The van der Waals surface area contributed by atoms with Crippen molar-refractivity contribution in [3.8, 4) is 0 Å². The fourth-order valence-corrected chi connectivity index (χ4v) is 0.732. The van der Waals surface area contributed by atoms with E-state index < -0.39 is 18.7 Å². The summed E-state index contributed by atoms with van der Waals surface area (Å²) in [5.74, 6) is 0.154. The molecule has 0 spiro atoms. The van der Waals surface area contributed by atoms with Crippen LogP contribution in [-0.4, -0.2) is 28.9 Å². The van der Waals surface area contributed by atoms with Gasteiger partial charge in [0.1, 0.15) is 5.76 Å². The molecular formula is C7H8N2O5. The largest absolute Gasteiger partial charge is 0.506 e. The Morgan fingerprint density at radius 3 is 2.93 bits per heavy atom. The number of nitrogens with zero attached hydrogens (tertiary/aromatic N) is 1. The van der Waals surface area contributed by atoms with Crippen LogP contribution in [0.25, 0.3) is 0 Å². The van der Waals surface area contributed by atoms with Gasteiger partial charge in [0.15, 0.2) is 12.4 Å². The van der Waals surface area contributed by atoms with Crippen molar-refractivity contribution in [3.05, 3.63) is 11.8 Å². The lowest BCUT2D eigenvalue weighted by molar-refractivity contribution is -0.119. The SMILES string of the molecule is Cc1cc(NC(=O)COC(=O)O)no1. The third-order valence-corrected chi connectivity index (χ3v) is 1.22. The number of hydrogen-bond donors (Lipinski definition) is 2. The Morgan fingerprint density at radius 2 is 2.43 bits per heavy atom. The lowest BCUT2D eigenvalue weighted by Gasteiger charge is -1.99. The first-order valence-corrected chi connectivity index (χ1v) is 3.67. The van der Waals surface area contributed by atoms with E-state index in [1.807, 2.05) is 0 Å². The van der Waals surface area contributed by atoms with Crippen LogP contribution in [0, 0.1) is 6.92 Å². The molecular weight excluding hydrogens is 192 g/mol. The van der Waals surface area contributed by atoms with Gasteiger partial charge in [0.05, 0.1) is 0 Å². The van der Waals surface area contributed by atoms with Gasteiger partial charge in [-0.15, -0.1) is 0 Å². The van der Waals surface area contributed by atoms with Crippen LogP contribution in [0.5, 0.6) is 0 Å². The number of nitrogens with one attached hydrogen (secondary N) is 1. The molecule has 0 bridgehead atoms. The Hall–Kier alpha value is -2.05. The number of ether oxygens (including phenoxy) is 1. The van der Waals surface area contributed by atoms with Gasteiger partial charge in [-0.2, -0.15) is 0 Å². The summed E-state index contributed by atoms with van der Waals surface area (Å²) in [6, 6.07) is 1.50. The summed E-state index contributed by atoms with van der Waals surface area (Å²) in [7, 11) is 0. The van der Waals surface area contributed by atoms with Crippen LogP contribution in [0.15, 0.2) is 10.6 Å². The van der Waals surface area contributed by atoms with E-state index in [0.717, 1.165) is 0 Å². The van der Waals surface area contributed by atoms with Crippen LogP contribution in [0.2, 0.25) is 0 Å². The molecule has 0 aliphatic rings. The molecule has 0 atom stereocenters. The maximum atomic E-state index is 10.9. The summed E-state index contributed by atoms with van der Waals surface area (Å²) in [5.41, 5.74) is 0. The van der Waals surface area contributed by atoms with E-state index in [2.05, 4.69) is 19.7 Å². The number of carbonyl (C=O) groups is 2. The van der Waals surface area contributed by atoms with Crippen molar-refractivity contribution in [2.75, 3.05) is 11.9 Å². The van der Waals surface area contributed by atoms with Gasteiger partial charge in [-0.25, -0.2) is 4.79 Å². The Labute approximate surface area is 78.6 Å². The molecule has 0 aliphatic heterocycles. The third kappa shape index (κ3) is 3.13. The van der Waals surface area contributed by atoms with Crippen LogP contribution < -0.4 is 5.32 Å². The summed E-state index contributed by atoms with van der Waals surface area (Å²) in [6.45, 7) is 1.09. The normalized spacial score (nSPS) is 9.50. The van der Waals surface area contributed by atoms with Crippen LogP contribution in [-0.2, 0) is 9.53 Å². The molecule has 0 aromatic carbocycles. The number of hydrogen-bond acceptors (Lipinski definition) is 5. The first-order chi connectivity index (χ1) is 6.58. The lowest BCUT2D eigenvalue weighted by atomic mass is 10.5. The topological polar surface area (TPSA) is 102 Å². The Kier molecular flexibility index (Phi) is 3.05. The van der Waals surface area contributed by atoms with Gasteiger partial charge in [0.2, 0.25) is 0 Å². The number of rotatable bonds is 3. The molecule has 0 aliphatic carbocycles. The van der Waals surface area contributed by atoms with Gasteiger partial charge in [-0.1, -0.05) is 5.16 Å². The molecule has 1 heterocycles. The smallest absolute Gasteiger partial charge is 0.450 e. The molecule has 0 saturated carbocycles. The van der Waals surface area contributed by atoms with Crippen molar-refractivity contribution in [1.82, 2.24) is 5.16 Å². The maximum absolute atomic E-state index is 10.9. The van der Waals surface area contributed by atoms with E-state index in [0.29, 0.717) is 5.76 Å². The number of aromatic nitrogens is 1. The fraction of sp³-hybridized carbons (Fsp3) is 0.286. The van der Waals surface area contributed by atoms with Crippen LogP contribution >= 0.6 is 0 Å². The van der Waals surface area contributed by atoms with E-state index >= 15 is 0 Å². The molecule has 7 heteroatoms. The van der Waals surface area contributed by atoms with E-state index in [4.69, 9.17) is 5.11 Å². The molecule has 1 amide bonds. The molecule has 7 nitrogen and oxygen atoms in total. The zero-order valence-electron chi connectivity index (χ0n) is 7.31. The van der Waals surface area contributed by atoms with Gasteiger partial charge in [0, 0.05) is 6.07 Å². The number of carbonyl (C=O) groups excluding carboxylic acids is 1. The summed E-state index contributed by atoms with van der Waals surface area (Å²) in [5, 5.41) is 13.9. The molecule has 1 rings (SSSR count). The quantitative estimate of drug-likeness (QED) is 0.693. The van der Waals surface area contributed by atoms with Gasteiger partial charge in [-0.05, 0) is 6.92 Å². The number of aryl methyl sites for hydroxylation is 1. The predicted octanol–water partition coefficient (Wildman–Crippen LogP) is 0.616. The molecule has 2 N–H and O–H groups in total. The minimum absolute atomic E-state index is 0.224. The van der Waals surface area contributed by atoms with Crippen molar-refractivity contribution in [2.24, 2.45) is 0 Å². The highest BCUT2D eigenvalue weighted by Crippen LogP contribution is 2.06. The zero-order valence-corrected chi connectivity index (χ0v) is 7.31. The highest BCUT2D eigenvalue weighted by atomic mass is 16.7. The lowest BCUT2D eigenvalue weighted by Crippen LogP contribution is -2.20. The molecule has 76 valence electrons. The summed E-state index contributed by atoms with van der Waals surface area (Å²) >= 11 is 0. The average Bonchev–Trinajstić information content (AvgIpc) is 2.48. The van der Waals surface area contributed by atoms with Gasteiger partial charge in [-0.3, -0.25) is 4.79 Å². The fourth-order valence-electron chi connectivity index (χ4n) is 0.732. The van der Waals surface area contributed by atoms with E-state index in [9.17, 15) is 9.59 Å². The second-order valence-electron chi connectivity index (χ2n) is 2.43. The number of amides is 1. The summed E-state index contributed by atoms with van der Waals surface area (Å²) in [6.07, 6.45) is -1.50. The molecule has 1 aromatic rings. The standard InChI is InChI=1S/C7H8N2O5/c1-4-2-5(9-14-4)8-6(10)3-13-7(11)12/h2H,3H2,1H3,(H,11,12)(H,8,9,10). The van der Waals surface area contributed by atoms with E-state index in [1.165, 1.54) is 6.07 Å². The van der Waals surface area contributed by atoms with Crippen molar-refractivity contribution in [1.29, 1.82) is 0 Å². The van der Waals surface area contributed by atoms with E-state index in [1.54, 1.807) is 6.92 Å². The highest BCUT2D eigenvalue weighted by molar-refractivity contribution is 5.91. The van der Waals surface area contributed by atoms with Gasteiger partial charge in [0.25, 0.3) is 5.91 Å². The van der Waals surface area contributed by atoms with Crippen LogP contribution in [0.4, 0.5) is 10.6 Å². The molecule has 14 heavy (non-hydrogen) atoms. The first kappa shape index (κ1) is 10.0. The second-order valence-corrected chi connectivity index (χ2v) is 2.43. The minimum atomic E-state index is -1.50.